The molecule has 34 heavy (non-hydrogen) atoms. The van der Waals surface area contributed by atoms with Crippen LogP contribution in [0.15, 0.2) is 36.4 Å². The number of carbonyl (C=O) groups is 2. The molecule has 0 heterocycles. The molecule has 11 heteroatoms. The fourth-order valence-electron chi connectivity index (χ4n) is 3.03. The number of hydrogen-bond donors (Lipinski definition) is 1. The van der Waals surface area contributed by atoms with Crippen LogP contribution in [0.25, 0.3) is 6.08 Å². The van der Waals surface area contributed by atoms with E-state index in [1.165, 1.54) is 58.8 Å². The minimum atomic E-state index is -4.19. The molecule has 0 radical (unpaired) electrons. The van der Waals surface area contributed by atoms with Crippen molar-refractivity contribution >= 4 is 23.6 Å². The van der Waals surface area contributed by atoms with Crippen molar-refractivity contribution in [2.24, 2.45) is 0 Å². The summed E-state index contributed by atoms with van der Waals surface area (Å²) in [4.78, 5) is 23.5. The maximum absolute atomic E-state index is 13.7. The highest BCUT2D eigenvalue weighted by molar-refractivity contribution is 6.02. The van der Waals surface area contributed by atoms with Crippen molar-refractivity contribution in [1.29, 1.82) is 0 Å². The van der Waals surface area contributed by atoms with Gasteiger partial charge in [-0.3, -0.25) is 4.79 Å². The van der Waals surface area contributed by atoms with E-state index < -0.39 is 24.5 Å². The van der Waals surface area contributed by atoms with Gasteiger partial charge in [-0.15, -0.1) is 0 Å². The molecule has 0 bridgehead atoms. The molecule has 1 amide bonds. The molecule has 0 fully saturated rings. The Balaban J connectivity index is 2.25. The second kappa shape index (κ2) is 11.3. The zero-order valence-corrected chi connectivity index (χ0v) is 19.3. The molecule has 2 aromatic rings. The van der Waals surface area contributed by atoms with E-state index in [2.05, 4.69) is 5.32 Å². The van der Waals surface area contributed by atoms with Gasteiger partial charge in [0.1, 0.15) is 29.0 Å². The van der Waals surface area contributed by atoms with Gasteiger partial charge in [-0.25, -0.2) is 4.90 Å². The molecule has 0 atom stereocenters. The number of likely N-dealkylation sites (N-methyl/N-ethyl adjacent to an activating group) is 1. The molecule has 0 unspecified atom stereocenters. The van der Waals surface area contributed by atoms with Crippen molar-refractivity contribution in [3.05, 3.63) is 47.5 Å². The quantitative estimate of drug-likeness (QED) is 0.386. The Morgan fingerprint density at radius 2 is 1.59 bits per heavy atom. The molecular formula is C23H25F2N2O7-. The van der Waals surface area contributed by atoms with Gasteiger partial charge in [0.15, 0.2) is 0 Å². The maximum Gasteiger partial charge on any atom is 0.346 e. The molecule has 2 aromatic carbocycles. The van der Waals surface area contributed by atoms with Crippen LogP contribution in [0.1, 0.15) is 11.1 Å². The number of hydrogen-bond acceptors (Lipinski definition) is 8. The van der Waals surface area contributed by atoms with Gasteiger partial charge in [0.25, 0.3) is 0 Å². The van der Waals surface area contributed by atoms with Gasteiger partial charge in [0.2, 0.25) is 5.91 Å². The minimum Gasteiger partial charge on any atom is -0.543 e. The number of carboxylic acids is 1. The van der Waals surface area contributed by atoms with Crippen LogP contribution in [0.4, 0.5) is 14.5 Å². The fraction of sp³-hybridized carbons (Fsp3) is 0.304. The van der Waals surface area contributed by atoms with E-state index in [9.17, 15) is 23.5 Å². The summed E-state index contributed by atoms with van der Waals surface area (Å²) in [5, 5.41) is 13.3. The second-order valence-electron chi connectivity index (χ2n) is 6.98. The lowest BCUT2D eigenvalue weighted by molar-refractivity contribution is -0.343. The Bertz CT molecular complexity index is 1050. The summed E-state index contributed by atoms with van der Waals surface area (Å²) in [5.41, 5.74) is 1.01. The molecule has 0 saturated heterocycles. The van der Waals surface area contributed by atoms with Gasteiger partial charge in [-0.05, 0) is 31.3 Å². The van der Waals surface area contributed by atoms with Crippen molar-refractivity contribution in [3.8, 4) is 23.0 Å². The van der Waals surface area contributed by atoms with Crippen LogP contribution in [0.5, 0.6) is 23.0 Å². The Hall–Kier alpha value is -3.86. The highest BCUT2D eigenvalue weighted by atomic mass is 19.3. The normalized spacial score (nSPS) is 11.4. The SMILES string of the molecule is COc1cc(OC)c(/C=C/C(=O)Nc2ccc(OC)c(CN(C)C(F)(F)C(=O)[O-])c2)c(OC)c1. The summed E-state index contributed by atoms with van der Waals surface area (Å²) < 4.78 is 48.5. The van der Waals surface area contributed by atoms with Crippen molar-refractivity contribution in [2.45, 2.75) is 12.6 Å². The largest absolute Gasteiger partial charge is 0.543 e. The van der Waals surface area contributed by atoms with Gasteiger partial charge in [0.05, 0.1) is 34.0 Å². The smallest absolute Gasteiger partial charge is 0.346 e. The Kier molecular flexibility index (Phi) is 8.79. The standard InChI is InChI=1S/C23H26F2N2O7/c1-27(23(24,25)22(29)30)13-14-10-15(6-8-18(14)32-3)26-21(28)9-7-17-19(33-4)11-16(31-2)12-20(17)34-5/h6-12H,13H2,1-5H3,(H,26,28)(H,29,30)/p-1/b9-7+. The zero-order valence-electron chi connectivity index (χ0n) is 19.3. The summed E-state index contributed by atoms with van der Waals surface area (Å²) in [6, 6.07) is 3.46. The average molecular weight is 479 g/mol. The summed E-state index contributed by atoms with van der Waals surface area (Å²) in [5.74, 6) is -1.46. The van der Waals surface area contributed by atoms with Crippen LogP contribution in [-0.4, -0.2) is 58.3 Å². The molecule has 0 aliphatic carbocycles. The van der Waals surface area contributed by atoms with Crippen LogP contribution in [0, 0.1) is 0 Å². The van der Waals surface area contributed by atoms with E-state index in [0.717, 1.165) is 7.05 Å². The van der Waals surface area contributed by atoms with E-state index in [-0.39, 0.29) is 17.0 Å². The van der Waals surface area contributed by atoms with Crippen LogP contribution in [-0.2, 0) is 16.1 Å². The summed E-state index contributed by atoms with van der Waals surface area (Å²) in [6.45, 7) is -0.482. The molecule has 1 N–H and O–H groups in total. The third-order valence-corrected chi connectivity index (χ3v) is 4.83. The van der Waals surface area contributed by atoms with Gasteiger partial charge in [0, 0.05) is 36.0 Å². The number of nitrogens with one attached hydrogen (secondary N) is 1. The fourth-order valence-corrected chi connectivity index (χ4v) is 3.03. The van der Waals surface area contributed by atoms with E-state index in [1.807, 2.05) is 0 Å². The summed E-state index contributed by atoms with van der Waals surface area (Å²) >= 11 is 0. The Labute approximate surface area is 195 Å². The lowest BCUT2D eigenvalue weighted by atomic mass is 10.1. The maximum atomic E-state index is 13.7. The van der Waals surface area contributed by atoms with Gasteiger partial charge in [-0.2, -0.15) is 8.78 Å². The first kappa shape index (κ1) is 26.4. The first-order valence-corrected chi connectivity index (χ1v) is 9.83. The minimum absolute atomic E-state index is 0.228. The summed E-state index contributed by atoms with van der Waals surface area (Å²) in [6.07, 6.45) is 2.73. The molecule has 0 aliphatic rings. The van der Waals surface area contributed by atoms with E-state index in [4.69, 9.17) is 18.9 Å². The first-order valence-electron chi connectivity index (χ1n) is 9.83. The third kappa shape index (κ3) is 6.13. The molecule has 0 aliphatic heterocycles. The van der Waals surface area contributed by atoms with Gasteiger partial charge < -0.3 is 34.2 Å². The number of rotatable bonds is 11. The number of anilines is 1. The van der Waals surface area contributed by atoms with Crippen molar-refractivity contribution < 1.29 is 42.4 Å². The number of ether oxygens (including phenoxy) is 4. The molecule has 184 valence electrons. The predicted octanol–water partition coefficient (Wildman–Crippen LogP) is 2.15. The number of carboxylic acid groups (broad SMARTS) is 1. The number of aliphatic carboxylic acids is 1. The van der Waals surface area contributed by atoms with Crippen molar-refractivity contribution in [2.75, 3.05) is 40.8 Å². The van der Waals surface area contributed by atoms with E-state index >= 15 is 0 Å². The average Bonchev–Trinajstić information content (AvgIpc) is 2.82. The number of alkyl halides is 2. The van der Waals surface area contributed by atoms with E-state index in [1.54, 1.807) is 12.1 Å². The van der Waals surface area contributed by atoms with Crippen molar-refractivity contribution in [3.63, 3.8) is 0 Å². The van der Waals surface area contributed by atoms with E-state index in [0.29, 0.717) is 27.7 Å². The number of methoxy groups -OCH3 is 4. The molecule has 0 spiro atoms. The molecule has 0 aromatic heterocycles. The van der Waals surface area contributed by atoms with Crippen molar-refractivity contribution in [1.82, 2.24) is 4.90 Å². The summed E-state index contributed by atoms with van der Waals surface area (Å²) in [7, 11) is 6.69. The van der Waals surface area contributed by atoms with Crippen LogP contribution < -0.4 is 29.4 Å². The lowest BCUT2D eigenvalue weighted by Gasteiger charge is -2.28. The zero-order chi connectivity index (χ0) is 25.5. The number of nitrogens with zero attached hydrogens (tertiary/aromatic N) is 1. The highest BCUT2D eigenvalue weighted by Crippen LogP contribution is 2.35. The lowest BCUT2D eigenvalue weighted by Crippen LogP contribution is -2.52. The Morgan fingerprint density at radius 1 is 1.00 bits per heavy atom. The van der Waals surface area contributed by atoms with Crippen LogP contribution in [0.3, 0.4) is 0 Å². The van der Waals surface area contributed by atoms with Gasteiger partial charge >= 0.3 is 6.05 Å². The number of benzene rings is 2. The van der Waals surface area contributed by atoms with Crippen LogP contribution >= 0.6 is 0 Å². The van der Waals surface area contributed by atoms with Crippen LogP contribution in [0.2, 0.25) is 0 Å². The molecular weight excluding hydrogens is 454 g/mol. The van der Waals surface area contributed by atoms with Gasteiger partial charge in [-0.1, -0.05) is 0 Å². The topological polar surface area (TPSA) is 109 Å². The number of halogens is 2. The highest BCUT2D eigenvalue weighted by Gasteiger charge is 2.36. The Morgan fingerprint density at radius 3 is 2.09 bits per heavy atom. The first-order chi connectivity index (χ1) is 16.1. The predicted molar refractivity (Wildman–Crippen MR) is 118 cm³/mol. The molecule has 0 saturated carbocycles. The molecule has 9 nitrogen and oxygen atoms in total. The molecule has 2 rings (SSSR count). The number of carbonyl (C=O) groups excluding carboxylic acids is 2. The second-order valence-corrected chi connectivity index (χ2v) is 6.98. The third-order valence-electron chi connectivity index (χ3n) is 4.83. The number of amides is 1. The monoisotopic (exact) mass is 479 g/mol.